The summed E-state index contributed by atoms with van der Waals surface area (Å²) in [6, 6.07) is 9.43. The normalized spacial score (nSPS) is 13.8. The summed E-state index contributed by atoms with van der Waals surface area (Å²) in [7, 11) is 0. The fraction of sp³-hybridized carbons (Fsp3) is 0.409. The SMILES string of the molecule is CCOC(=O)c1c(-c2ccccc2)csc1NC(=O)COC(=O)CC1CCCC1. The molecule has 1 aromatic carbocycles. The van der Waals surface area contributed by atoms with E-state index in [1.54, 1.807) is 6.92 Å². The molecule has 7 heteroatoms. The number of thiophene rings is 1. The van der Waals surface area contributed by atoms with Gasteiger partial charge >= 0.3 is 11.9 Å². The molecule has 1 aliphatic carbocycles. The average Bonchev–Trinajstić information content (AvgIpc) is 3.37. The van der Waals surface area contributed by atoms with Crippen molar-refractivity contribution in [2.24, 2.45) is 5.92 Å². The zero-order valence-corrected chi connectivity index (χ0v) is 17.3. The van der Waals surface area contributed by atoms with Crippen LogP contribution in [0.15, 0.2) is 35.7 Å². The summed E-state index contributed by atoms with van der Waals surface area (Å²) in [5, 5.41) is 4.89. The van der Waals surface area contributed by atoms with Crippen LogP contribution in [0.1, 0.15) is 49.4 Å². The van der Waals surface area contributed by atoms with Crippen molar-refractivity contribution in [3.63, 3.8) is 0 Å². The van der Waals surface area contributed by atoms with Gasteiger partial charge in [0.15, 0.2) is 6.61 Å². The summed E-state index contributed by atoms with van der Waals surface area (Å²) in [4.78, 5) is 36.7. The van der Waals surface area contributed by atoms with Gasteiger partial charge in [-0.2, -0.15) is 0 Å². The monoisotopic (exact) mass is 415 g/mol. The van der Waals surface area contributed by atoms with E-state index in [-0.39, 0.29) is 19.2 Å². The number of hydrogen-bond acceptors (Lipinski definition) is 6. The third kappa shape index (κ3) is 5.67. The molecule has 1 N–H and O–H groups in total. The Morgan fingerprint density at radius 1 is 1.10 bits per heavy atom. The van der Waals surface area contributed by atoms with E-state index in [1.165, 1.54) is 11.3 Å². The molecule has 0 radical (unpaired) electrons. The minimum absolute atomic E-state index is 0.231. The van der Waals surface area contributed by atoms with Crippen molar-refractivity contribution in [1.82, 2.24) is 0 Å². The average molecular weight is 416 g/mol. The second-order valence-corrected chi connectivity index (χ2v) is 7.88. The summed E-state index contributed by atoms with van der Waals surface area (Å²) in [6.07, 6.45) is 4.75. The number of carbonyl (C=O) groups is 3. The molecular formula is C22H25NO5S. The molecular weight excluding hydrogens is 390 g/mol. The number of hydrogen-bond donors (Lipinski definition) is 1. The molecule has 0 aliphatic heterocycles. The first-order valence-corrected chi connectivity index (χ1v) is 10.8. The number of nitrogens with one attached hydrogen (secondary N) is 1. The van der Waals surface area contributed by atoms with Gasteiger partial charge in [-0.15, -0.1) is 11.3 Å². The molecule has 0 bridgehead atoms. The van der Waals surface area contributed by atoms with Crippen molar-refractivity contribution in [2.75, 3.05) is 18.5 Å². The lowest BCUT2D eigenvalue weighted by Crippen LogP contribution is -2.22. The molecule has 1 saturated carbocycles. The number of rotatable bonds is 8. The van der Waals surface area contributed by atoms with Crippen molar-refractivity contribution >= 4 is 34.2 Å². The van der Waals surface area contributed by atoms with E-state index in [4.69, 9.17) is 9.47 Å². The van der Waals surface area contributed by atoms with Crippen LogP contribution in [0, 0.1) is 5.92 Å². The predicted octanol–water partition coefficient (Wildman–Crippen LogP) is 4.65. The van der Waals surface area contributed by atoms with E-state index in [2.05, 4.69) is 5.32 Å². The van der Waals surface area contributed by atoms with E-state index in [1.807, 2.05) is 35.7 Å². The van der Waals surface area contributed by atoms with Crippen LogP contribution in [0.5, 0.6) is 0 Å². The maximum Gasteiger partial charge on any atom is 0.341 e. The lowest BCUT2D eigenvalue weighted by atomic mass is 10.0. The third-order valence-electron chi connectivity index (χ3n) is 4.90. The van der Waals surface area contributed by atoms with E-state index < -0.39 is 11.9 Å². The third-order valence-corrected chi connectivity index (χ3v) is 5.80. The summed E-state index contributed by atoms with van der Waals surface area (Å²) in [6.45, 7) is 1.59. The zero-order valence-electron chi connectivity index (χ0n) is 16.4. The number of benzene rings is 1. The van der Waals surface area contributed by atoms with Gasteiger partial charge in [0, 0.05) is 17.4 Å². The Labute approximate surface area is 174 Å². The highest BCUT2D eigenvalue weighted by atomic mass is 32.1. The molecule has 1 aromatic heterocycles. The van der Waals surface area contributed by atoms with Gasteiger partial charge in [-0.25, -0.2) is 4.79 Å². The summed E-state index contributed by atoms with van der Waals surface area (Å²) in [5.41, 5.74) is 1.87. The summed E-state index contributed by atoms with van der Waals surface area (Å²) < 4.78 is 10.3. The summed E-state index contributed by atoms with van der Waals surface area (Å²) in [5.74, 6) is -0.960. The quantitative estimate of drug-likeness (QED) is 0.635. The molecule has 3 rings (SSSR count). The molecule has 0 atom stereocenters. The van der Waals surface area contributed by atoms with Gasteiger partial charge in [0.25, 0.3) is 5.91 Å². The first-order valence-electron chi connectivity index (χ1n) is 9.88. The predicted molar refractivity (Wildman–Crippen MR) is 112 cm³/mol. The Balaban J connectivity index is 1.66. The standard InChI is InChI=1S/C22H25NO5S/c1-2-27-22(26)20-17(16-10-4-3-5-11-16)14-29-21(20)23-18(24)13-28-19(25)12-15-8-6-7-9-15/h3-5,10-11,14-15H,2,6-9,12-13H2,1H3,(H,23,24). The molecule has 154 valence electrons. The van der Waals surface area contributed by atoms with Gasteiger partial charge in [0.05, 0.1) is 6.61 Å². The molecule has 1 aliphatic rings. The van der Waals surface area contributed by atoms with Gasteiger partial charge in [-0.3, -0.25) is 9.59 Å². The lowest BCUT2D eigenvalue weighted by Gasteiger charge is -2.10. The Hall–Kier alpha value is -2.67. The van der Waals surface area contributed by atoms with E-state index in [0.717, 1.165) is 31.2 Å². The molecule has 29 heavy (non-hydrogen) atoms. The largest absolute Gasteiger partial charge is 0.462 e. The lowest BCUT2D eigenvalue weighted by molar-refractivity contribution is -0.148. The number of carbonyl (C=O) groups excluding carboxylic acids is 3. The maximum atomic E-state index is 12.5. The van der Waals surface area contributed by atoms with E-state index >= 15 is 0 Å². The molecule has 0 saturated heterocycles. The fourth-order valence-electron chi connectivity index (χ4n) is 3.50. The number of esters is 2. The second-order valence-electron chi connectivity index (χ2n) is 7.00. The zero-order chi connectivity index (χ0) is 20.6. The van der Waals surface area contributed by atoms with Crippen LogP contribution in [-0.2, 0) is 19.1 Å². The molecule has 0 unspecified atom stereocenters. The Morgan fingerprint density at radius 3 is 2.52 bits per heavy atom. The van der Waals surface area contributed by atoms with Crippen LogP contribution in [0.3, 0.4) is 0 Å². The molecule has 1 amide bonds. The molecule has 1 heterocycles. The van der Waals surface area contributed by atoms with Crippen molar-refractivity contribution < 1.29 is 23.9 Å². The van der Waals surface area contributed by atoms with Crippen LogP contribution in [-0.4, -0.2) is 31.1 Å². The fourth-order valence-corrected chi connectivity index (χ4v) is 4.48. The molecule has 1 fully saturated rings. The minimum Gasteiger partial charge on any atom is -0.462 e. The smallest absolute Gasteiger partial charge is 0.341 e. The van der Waals surface area contributed by atoms with Crippen LogP contribution in [0.25, 0.3) is 11.1 Å². The maximum absolute atomic E-state index is 12.5. The highest BCUT2D eigenvalue weighted by molar-refractivity contribution is 7.15. The molecule has 2 aromatic rings. The minimum atomic E-state index is -0.499. The first kappa shape index (κ1) is 21.0. The first-order chi connectivity index (χ1) is 14.1. The van der Waals surface area contributed by atoms with Gasteiger partial charge in [0.1, 0.15) is 10.6 Å². The Kier molecular flexibility index (Phi) is 7.41. The number of amides is 1. The Morgan fingerprint density at radius 2 is 1.83 bits per heavy atom. The second kappa shape index (κ2) is 10.2. The Bertz CT molecular complexity index is 855. The number of anilines is 1. The van der Waals surface area contributed by atoms with Crippen LogP contribution in [0.2, 0.25) is 0 Å². The van der Waals surface area contributed by atoms with Crippen LogP contribution in [0.4, 0.5) is 5.00 Å². The molecule has 6 nitrogen and oxygen atoms in total. The van der Waals surface area contributed by atoms with E-state index in [0.29, 0.717) is 28.5 Å². The van der Waals surface area contributed by atoms with E-state index in [9.17, 15) is 14.4 Å². The highest BCUT2D eigenvalue weighted by Crippen LogP contribution is 2.36. The van der Waals surface area contributed by atoms with Gasteiger partial charge < -0.3 is 14.8 Å². The van der Waals surface area contributed by atoms with Gasteiger partial charge in [-0.05, 0) is 31.2 Å². The molecule has 0 spiro atoms. The van der Waals surface area contributed by atoms with Crippen molar-refractivity contribution in [2.45, 2.75) is 39.0 Å². The van der Waals surface area contributed by atoms with Gasteiger partial charge in [0.2, 0.25) is 0 Å². The topological polar surface area (TPSA) is 81.7 Å². The van der Waals surface area contributed by atoms with Crippen molar-refractivity contribution in [1.29, 1.82) is 0 Å². The number of ether oxygens (including phenoxy) is 2. The van der Waals surface area contributed by atoms with Crippen molar-refractivity contribution in [3.05, 3.63) is 41.3 Å². The van der Waals surface area contributed by atoms with Crippen molar-refractivity contribution in [3.8, 4) is 11.1 Å². The summed E-state index contributed by atoms with van der Waals surface area (Å²) >= 11 is 1.24. The van der Waals surface area contributed by atoms with Crippen LogP contribution < -0.4 is 5.32 Å². The van der Waals surface area contributed by atoms with Crippen LogP contribution >= 0.6 is 11.3 Å². The highest BCUT2D eigenvalue weighted by Gasteiger charge is 2.24. The van der Waals surface area contributed by atoms with Gasteiger partial charge in [-0.1, -0.05) is 43.2 Å².